The van der Waals surface area contributed by atoms with E-state index in [1.165, 1.54) is 0 Å². The van der Waals surface area contributed by atoms with Crippen molar-refractivity contribution in [1.29, 1.82) is 0 Å². The van der Waals surface area contributed by atoms with Crippen molar-refractivity contribution in [2.45, 2.75) is 19.6 Å². The molecule has 0 radical (unpaired) electrons. The number of benzene rings is 1. The quantitative estimate of drug-likeness (QED) is 0.794. The molecule has 0 aliphatic carbocycles. The summed E-state index contributed by atoms with van der Waals surface area (Å²) in [4.78, 5) is 17.5. The molecular formula is C17H18N2O3. The largest absolute Gasteiger partial charge is 0.497 e. The molecule has 1 aliphatic heterocycles. The minimum Gasteiger partial charge on any atom is -0.497 e. The number of pyridine rings is 1. The average molecular weight is 298 g/mol. The fourth-order valence-corrected chi connectivity index (χ4v) is 2.74. The van der Waals surface area contributed by atoms with Crippen molar-refractivity contribution in [1.82, 2.24) is 9.88 Å². The van der Waals surface area contributed by atoms with Gasteiger partial charge in [0.1, 0.15) is 11.5 Å². The van der Waals surface area contributed by atoms with Gasteiger partial charge in [-0.2, -0.15) is 0 Å². The van der Waals surface area contributed by atoms with Crippen LogP contribution in [0.4, 0.5) is 0 Å². The molecule has 0 atom stereocenters. The van der Waals surface area contributed by atoms with E-state index in [4.69, 9.17) is 9.47 Å². The highest BCUT2D eigenvalue weighted by molar-refractivity contribution is 5.74. The predicted octanol–water partition coefficient (Wildman–Crippen LogP) is 2.43. The molecule has 114 valence electrons. The van der Waals surface area contributed by atoms with Crippen LogP contribution in [0.1, 0.15) is 27.2 Å². The summed E-state index contributed by atoms with van der Waals surface area (Å²) in [5.41, 5.74) is 3.89. The van der Waals surface area contributed by atoms with Crippen LogP contribution in [0, 0.1) is 0 Å². The maximum absolute atomic E-state index is 10.8. The van der Waals surface area contributed by atoms with Gasteiger partial charge in [0.15, 0.2) is 6.29 Å². The monoisotopic (exact) mass is 298 g/mol. The number of hydrogen-bond donors (Lipinski definition) is 0. The lowest BCUT2D eigenvalue weighted by atomic mass is 10.1. The Bertz CT molecular complexity index is 700. The molecule has 0 bridgehead atoms. The molecular weight excluding hydrogens is 280 g/mol. The van der Waals surface area contributed by atoms with Gasteiger partial charge in [-0.15, -0.1) is 0 Å². The number of aldehydes is 1. The second-order valence-electron chi connectivity index (χ2n) is 5.32. The Balaban J connectivity index is 1.77. The molecule has 0 N–H and O–H groups in total. The van der Waals surface area contributed by atoms with Gasteiger partial charge in [0.2, 0.25) is 0 Å². The number of aromatic nitrogens is 1. The third-order valence-electron chi connectivity index (χ3n) is 3.87. The van der Waals surface area contributed by atoms with E-state index in [9.17, 15) is 4.79 Å². The lowest BCUT2D eigenvalue weighted by Crippen LogP contribution is -2.16. The van der Waals surface area contributed by atoms with E-state index in [-0.39, 0.29) is 0 Å². The zero-order chi connectivity index (χ0) is 15.5. The zero-order valence-electron chi connectivity index (χ0n) is 12.7. The second kappa shape index (κ2) is 6.15. The van der Waals surface area contributed by atoms with Gasteiger partial charge in [-0.25, -0.2) is 0 Å². The first-order chi connectivity index (χ1) is 10.7. The van der Waals surface area contributed by atoms with Crippen molar-refractivity contribution in [2.75, 3.05) is 14.2 Å². The highest BCUT2D eigenvalue weighted by atomic mass is 16.5. The van der Waals surface area contributed by atoms with E-state index in [1.54, 1.807) is 20.4 Å². The Morgan fingerprint density at radius 1 is 1.23 bits per heavy atom. The van der Waals surface area contributed by atoms with E-state index in [2.05, 4.69) is 9.88 Å². The molecule has 2 heterocycles. The summed E-state index contributed by atoms with van der Waals surface area (Å²) in [6, 6.07) is 7.76. The van der Waals surface area contributed by atoms with E-state index in [1.807, 2.05) is 24.3 Å². The first-order valence-electron chi connectivity index (χ1n) is 7.09. The van der Waals surface area contributed by atoms with Crippen LogP contribution in [0.2, 0.25) is 0 Å². The first-order valence-corrected chi connectivity index (χ1v) is 7.09. The molecule has 0 saturated heterocycles. The smallest absolute Gasteiger partial charge is 0.151 e. The van der Waals surface area contributed by atoms with Crippen molar-refractivity contribution < 1.29 is 14.3 Å². The van der Waals surface area contributed by atoms with Gasteiger partial charge in [-0.1, -0.05) is 6.07 Å². The average Bonchev–Trinajstić information content (AvgIpc) is 2.96. The number of rotatable bonds is 5. The number of nitrogens with zero attached hydrogens (tertiary/aromatic N) is 2. The third-order valence-corrected chi connectivity index (χ3v) is 3.87. The van der Waals surface area contributed by atoms with Gasteiger partial charge >= 0.3 is 0 Å². The Labute approximate surface area is 129 Å². The number of carbonyl (C=O) groups excluding carboxylic acids is 1. The van der Waals surface area contributed by atoms with E-state index in [0.29, 0.717) is 5.56 Å². The van der Waals surface area contributed by atoms with E-state index < -0.39 is 0 Å². The summed E-state index contributed by atoms with van der Waals surface area (Å²) in [5, 5.41) is 0. The molecule has 0 amide bonds. The molecule has 2 aromatic rings. The number of hydrogen-bond acceptors (Lipinski definition) is 5. The van der Waals surface area contributed by atoms with Crippen LogP contribution in [0.3, 0.4) is 0 Å². The highest BCUT2D eigenvalue weighted by Gasteiger charge is 2.21. The van der Waals surface area contributed by atoms with Crippen molar-refractivity contribution in [3.05, 3.63) is 52.8 Å². The molecule has 0 spiro atoms. The normalized spacial score (nSPS) is 13.7. The Hall–Kier alpha value is -2.40. The Morgan fingerprint density at radius 3 is 2.82 bits per heavy atom. The van der Waals surface area contributed by atoms with Gasteiger partial charge in [0.25, 0.3) is 0 Å². The highest BCUT2D eigenvalue weighted by Crippen LogP contribution is 2.29. The van der Waals surface area contributed by atoms with Gasteiger partial charge in [-0.05, 0) is 17.7 Å². The van der Waals surface area contributed by atoms with Crippen LogP contribution >= 0.6 is 0 Å². The summed E-state index contributed by atoms with van der Waals surface area (Å²) in [5.74, 6) is 1.60. The van der Waals surface area contributed by atoms with Crippen LogP contribution in [0.15, 0.2) is 30.5 Å². The van der Waals surface area contributed by atoms with Crippen LogP contribution in [-0.4, -0.2) is 30.4 Å². The minimum atomic E-state index is 0.627. The molecule has 5 heteroatoms. The summed E-state index contributed by atoms with van der Waals surface area (Å²) in [6.45, 7) is 2.34. The topological polar surface area (TPSA) is 51.7 Å². The second-order valence-corrected chi connectivity index (χ2v) is 5.32. The van der Waals surface area contributed by atoms with Crippen molar-refractivity contribution in [2.24, 2.45) is 0 Å². The summed E-state index contributed by atoms with van der Waals surface area (Å²) < 4.78 is 10.7. The molecule has 0 unspecified atom stereocenters. The zero-order valence-corrected chi connectivity index (χ0v) is 12.7. The molecule has 0 saturated carbocycles. The lowest BCUT2D eigenvalue weighted by molar-refractivity contribution is 0.112. The minimum absolute atomic E-state index is 0.627. The molecule has 3 rings (SSSR count). The van der Waals surface area contributed by atoms with Crippen molar-refractivity contribution in [3.8, 4) is 11.5 Å². The van der Waals surface area contributed by atoms with Crippen molar-refractivity contribution >= 4 is 6.29 Å². The molecule has 1 aliphatic rings. The fraction of sp³-hybridized carbons (Fsp3) is 0.294. The third kappa shape index (κ3) is 2.80. The molecule has 22 heavy (non-hydrogen) atoms. The van der Waals surface area contributed by atoms with Gasteiger partial charge in [0, 0.05) is 43.0 Å². The SMILES string of the molecule is COc1ccc(CN2Cc3cc(C=O)cnc3C2)c(OC)c1. The van der Waals surface area contributed by atoms with Crippen LogP contribution in [0.25, 0.3) is 0 Å². The Kier molecular flexibility index (Phi) is 4.06. The van der Waals surface area contributed by atoms with Gasteiger partial charge in [0.05, 0.1) is 19.9 Å². The van der Waals surface area contributed by atoms with Crippen LogP contribution in [0.5, 0.6) is 11.5 Å². The van der Waals surface area contributed by atoms with Crippen molar-refractivity contribution in [3.63, 3.8) is 0 Å². The lowest BCUT2D eigenvalue weighted by Gasteiger charge is -2.17. The maximum Gasteiger partial charge on any atom is 0.151 e. The van der Waals surface area contributed by atoms with Gasteiger partial charge < -0.3 is 9.47 Å². The van der Waals surface area contributed by atoms with E-state index in [0.717, 1.165) is 54.2 Å². The number of methoxy groups -OCH3 is 2. The number of carbonyl (C=O) groups is 1. The number of ether oxygens (including phenoxy) is 2. The van der Waals surface area contributed by atoms with Crippen LogP contribution in [-0.2, 0) is 19.6 Å². The van der Waals surface area contributed by atoms with E-state index >= 15 is 0 Å². The standard InChI is InChI=1S/C17H18N2O3/c1-21-15-4-3-13(17(6-15)22-2)8-19-9-14-5-12(11-20)7-18-16(14)10-19/h3-7,11H,8-10H2,1-2H3. The fourth-order valence-electron chi connectivity index (χ4n) is 2.74. The summed E-state index contributed by atoms with van der Waals surface area (Å²) in [7, 11) is 3.30. The van der Waals surface area contributed by atoms with Gasteiger partial charge in [-0.3, -0.25) is 14.7 Å². The molecule has 0 fully saturated rings. The molecule has 5 nitrogen and oxygen atoms in total. The Morgan fingerprint density at radius 2 is 2.09 bits per heavy atom. The summed E-state index contributed by atoms with van der Waals surface area (Å²) >= 11 is 0. The number of fused-ring (bicyclic) bond motifs is 1. The van der Waals surface area contributed by atoms with Crippen LogP contribution < -0.4 is 9.47 Å². The predicted molar refractivity (Wildman–Crippen MR) is 82.1 cm³/mol. The molecule has 1 aromatic heterocycles. The summed E-state index contributed by atoms with van der Waals surface area (Å²) in [6.07, 6.45) is 2.46. The molecule has 1 aromatic carbocycles. The first kappa shape index (κ1) is 14.5. The maximum atomic E-state index is 10.8.